The normalized spacial score (nSPS) is 10.4. The lowest BCUT2D eigenvalue weighted by Crippen LogP contribution is -1.91. The lowest BCUT2D eigenvalue weighted by Gasteiger charge is -2.10. The lowest BCUT2D eigenvalue weighted by molar-refractivity contribution is 0.112. The Morgan fingerprint density at radius 2 is 1.89 bits per heavy atom. The number of carbonyl (C=O) groups excluding carboxylic acids is 1. The molecule has 0 aromatic heterocycles. The van der Waals surface area contributed by atoms with Gasteiger partial charge in [-0.25, -0.2) is 4.39 Å². The topological polar surface area (TPSA) is 37.3 Å². The zero-order chi connectivity index (χ0) is 13.3. The lowest BCUT2D eigenvalue weighted by atomic mass is 10.0. The molecule has 0 amide bonds. The Hall–Kier alpha value is -1.58. The molecule has 2 nitrogen and oxygen atoms in total. The summed E-state index contributed by atoms with van der Waals surface area (Å²) in [5.41, 5.74) is 0.165. The van der Waals surface area contributed by atoms with Crippen LogP contribution in [0.1, 0.15) is 10.4 Å². The summed E-state index contributed by atoms with van der Waals surface area (Å²) in [5, 5.41) is 10.4. The Balaban J connectivity index is 2.74. The number of rotatable bonds is 2. The van der Waals surface area contributed by atoms with Crippen LogP contribution in [-0.2, 0) is 0 Å². The fraction of sp³-hybridized carbons (Fsp3) is 0. The Labute approximate surface area is 113 Å². The fourth-order valence-corrected chi connectivity index (χ4v) is 2.13. The molecule has 0 aliphatic carbocycles. The van der Waals surface area contributed by atoms with Crippen LogP contribution in [0.2, 0.25) is 10.0 Å². The Kier molecular flexibility index (Phi) is 3.55. The third-order valence-corrected chi connectivity index (χ3v) is 3.03. The van der Waals surface area contributed by atoms with Gasteiger partial charge in [0.1, 0.15) is 11.6 Å². The summed E-state index contributed by atoms with van der Waals surface area (Å²) >= 11 is 11.7. The molecule has 18 heavy (non-hydrogen) atoms. The monoisotopic (exact) mass is 284 g/mol. The van der Waals surface area contributed by atoms with Crippen molar-refractivity contribution in [1.82, 2.24) is 0 Å². The number of phenols is 1. The summed E-state index contributed by atoms with van der Waals surface area (Å²) in [6.07, 6.45) is 0.447. The predicted octanol–water partition coefficient (Wildman–Crippen LogP) is 4.32. The van der Waals surface area contributed by atoms with Gasteiger partial charge in [-0.05, 0) is 24.3 Å². The van der Waals surface area contributed by atoms with Gasteiger partial charge in [-0.3, -0.25) is 4.79 Å². The molecule has 0 fully saturated rings. The maximum atomic E-state index is 13.8. The van der Waals surface area contributed by atoms with Gasteiger partial charge in [0.25, 0.3) is 0 Å². The molecule has 0 radical (unpaired) electrons. The zero-order valence-electron chi connectivity index (χ0n) is 8.95. The number of hydrogen-bond acceptors (Lipinski definition) is 2. The van der Waals surface area contributed by atoms with Gasteiger partial charge in [-0.1, -0.05) is 29.3 Å². The SMILES string of the molecule is O=Cc1ccc(F)c(-c2ccc(Cl)cc2Cl)c1O. The third kappa shape index (κ3) is 2.19. The minimum absolute atomic E-state index is 0.00239. The first-order valence-corrected chi connectivity index (χ1v) is 5.72. The molecule has 0 aliphatic rings. The van der Waals surface area contributed by atoms with Crippen LogP contribution in [-0.4, -0.2) is 11.4 Å². The van der Waals surface area contributed by atoms with E-state index in [-0.39, 0.29) is 21.7 Å². The van der Waals surface area contributed by atoms with Crippen molar-refractivity contribution in [3.8, 4) is 16.9 Å². The largest absolute Gasteiger partial charge is 0.506 e. The van der Waals surface area contributed by atoms with E-state index in [0.29, 0.717) is 11.3 Å². The number of phenolic OH excluding ortho intramolecular Hbond substituents is 1. The van der Waals surface area contributed by atoms with Crippen LogP contribution >= 0.6 is 23.2 Å². The number of hydrogen-bond donors (Lipinski definition) is 1. The molecule has 2 rings (SSSR count). The van der Waals surface area contributed by atoms with E-state index in [9.17, 15) is 14.3 Å². The van der Waals surface area contributed by atoms with Gasteiger partial charge in [0.2, 0.25) is 0 Å². The van der Waals surface area contributed by atoms with Crippen molar-refractivity contribution >= 4 is 29.5 Å². The van der Waals surface area contributed by atoms with Crippen LogP contribution in [0.4, 0.5) is 4.39 Å². The van der Waals surface area contributed by atoms with Gasteiger partial charge >= 0.3 is 0 Å². The summed E-state index contributed by atoms with van der Waals surface area (Å²) < 4.78 is 13.8. The number of benzene rings is 2. The van der Waals surface area contributed by atoms with Crippen molar-refractivity contribution < 1.29 is 14.3 Å². The average molecular weight is 285 g/mol. The van der Waals surface area contributed by atoms with Crippen molar-refractivity contribution in [3.05, 3.63) is 51.8 Å². The molecule has 0 saturated carbocycles. The van der Waals surface area contributed by atoms with Crippen molar-refractivity contribution in [1.29, 1.82) is 0 Å². The molecule has 0 spiro atoms. The first-order valence-electron chi connectivity index (χ1n) is 4.96. The molecule has 1 N–H and O–H groups in total. The van der Waals surface area contributed by atoms with Gasteiger partial charge in [-0.15, -0.1) is 0 Å². The van der Waals surface area contributed by atoms with Gasteiger partial charge in [-0.2, -0.15) is 0 Å². The number of carbonyl (C=O) groups is 1. The molecule has 0 aliphatic heterocycles. The second-order valence-electron chi connectivity index (χ2n) is 3.60. The Morgan fingerprint density at radius 1 is 1.17 bits per heavy atom. The number of aromatic hydroxyl groups is 1. The number of aldehydes is 1. The Morgan fingerprint density at radius 3 is 2.50 bits per heavy atom. The summed E-state index contributed by atoms with van der Waals surface area (Å²) in [4.78, 5) is 10.7. The first kappa shape index (κ1) is 12.9. The van der Waals surface area contributed by atoms with Gasteiger partial charge in [0.15, 0.2) is 6.29 Å². The molecule has 92 valence electrons. The van der Waals surface area contributed by atoms with Crippen molar-refractivity contribution in [3.63, 3.8) is 0 Å². The average Bonchev–Trinajstić information content (AvgIpc) is 2.32. The highest BCUT2D eigenvalue weighted by atomic mass is 35.5. The summed E-state index contributed by atoms with van der Waals surface area (Å²) in [6.45, 7) is 0. The summed E-state index contributed by atoms with van der Waals surface area (Å²) in [7, 11) is 0. The Bertz CT molecular complexity index is 627. The molecule has 0 heterocycles. The van der Waals surface area contributed by atoms with E-state index in [1.807, 2.05) is 0 Å². The standard InChI is InChI=1S/C13H7Cl2FO2/c14-8-2-3-9(10(15)5-8)12-11(16)4-1-7(6-17)13(12)18/h1-6,18H. The van der Waals surface area contributed by atoms with E-state index in [0.717, 1.165) is 6.07 Å². The quantitative estimate of drug-likeness (QED) is 0.834. The summed E-state index contributed by atoms with van der Waals surface area (Å²) in [5.74, 6) is -1.10. The molecule has 0 unspecified atom stereocenters. The van der Waals surface area contributed by atoms with Crippen LogP contribution in [0.3, 0.4) is 0 Å². The molecule has 2 aromatic rings. The predicted molar refractivity (Wildman–Crippen MR) is 68.9 cm³/mol. The smallest absolute Gasteiger partial charge is 0.153 e. The van der Waals surface area contributed by atoms with Gasteiger partial charge in [0.05, 0.1) is 16.1 Å². The van der Waals surface area contributed by atoms with Crippen LogP contribution in [0, 0.1) is 5.82 Å². The first-order chi connectivity index (χ1) is 8.54. The second kappa shape index (κ2) is 4.96. The molecule has 5 heteroatoms. The maximum absolute atomic E-state index is 13.8. The van der Waals surface area contributed by atoms with E-state index < -0.39 is 11.6 Å². The van der Waals surface area contributed by atoms with Crippen molar-refractivity contribution in [2.75, 3.05) is 0 Å². The molecular weight excluding hydrogens is 278 g/mol. The minimum Gasteiger partial charge on any atom is -0.506 e. The molecule has 0 bridgehead atoms. The van der Waals surface area contributed by atoms with Crippen molar-refractivity contribution in [2.24, 2.45) is 0 Å². The minimum atomic E-state index is -0.665. The van der Waals surface area contributed by atoms with Crippen LogP contribution in [0.5, 0.6) is 5.75 Å². The van der Waals surface area contributed by atoms with E-state index in [4.69, 9.17) is 23.2 Å². The van der Waals surface area contributed by atoms with Crippen LogP contribution < -0.4 is 0 Å². The summed E-state index contributed by atoms with van der Waals surface area (Å²) in [6, 6.07) is 6.74. The van der Waals surface area contributed by atoms with E-state index in [2.05, 4.69) is 0 Å². The molecular formula is C13H7Cl2FO2. The molecule has 0 atom stereocenters. The van der Waals surface area contributed by atoms with E-state index >= 15 is 0 Å². The molecule has 2 aromatic carbocycles. The second-order valence-corrected chi connectivity index (χ2v) is 4.45. The highest BCUT2D eigenvalue weighted by Crippen LogP contribution is 2.38. The zero-order valence-corrected chi connectivity index (χ0v) is 10.5. The molecule has 0 saturated heterocycles. The fourth-order valence-electron chi connectivity index (χ4n) is 1.63. The van der Waals surface area contributed by atoms with E-state index in [1.54, 1.807) is 0 Å². The van der Waals surface area contributed by atoms with Crippen molar-refractivity contribution in [2.45, 2.75) is 0 Å². The van der Waals surface area contributed by atoms with E-state index in [1.165, 1.54) is 24.3 Å². The highest BCUT2D eigenvalue weighted by molar-refractivity contribution is 6.36. The highest BCUT2D eigenvalue weighted by Gasteiger charge is 2.17. The third-order valence-electron chi connectivity index (χ3n) is 2.49. The van der Waals surface area contributed by atoms with Gasteiger partial charge < -0.3 is 5.11 Å². The van der Waals surface area contributed by atoms with Crippen LogP contribution in [0.15, 0.2) is 30.3 Å². The van der Waals surface area contributed by atoms with Crippen LogP contribution in [0.25, 0.3) is 11.1 Å². The maximum Gasteiger partial charge on any atom is 0.153 e. The van der Waals surface area contributed by atoms with Gasteiger partial charge in [0, 0.05) is 10.6 Å². The number of halogens is 3.